The minimum atomic E-state index is -1.22. The summed E-state index contributed by atoms with van der Waals surface area (Å²) in [6.45, 7) is 0. The first kappa shape index (κ1) is 21.6. The third-order valence-corrected chi connectivity index (χ3v) is 5.21. The number of aliphatic imine (C=N–C) groups is 1. The molecule has 4 rings (SSSR count). The first-order chi connectivity index (χ1) is 15.9. The number of aromatic hydroxyl groups is 1. The lowest BCUT2D eigenvalue weighted by Crippen LogP contribution is -2.31. The van der Waals surface area contributed by atoms with Gasteiger partial charge in [-0.25, -0.2) is 14.2 Å². The lowest BCUT2D eigenvalue weighted by Gasteiger charge is -2.11. The van der Waals surface area contributed by atoms with Gasteiger partial charge in [-0.15, -0.1) is 0 Å². The van der Waals surface area contributed by atoms with Crippen molar-refractivity contribution < 1.29 is 19.7 Å². The van der Waals surface area contributed by atoms with Gasteiger partial charge < -0.3 is 19.9 Å². The average molecular weight is 448 g/mol. The van der Waals surface area contributed by atoms with E-state index >= 15 is 0 Å². The number of methoxy groups -OCH3 is 1. The predicted molar refractivity (Wildman–Crippen MR) is 122 cm³/mol. The van der Waals surface area contributed by atoms with Gasteiger partial charge in [0.1, 0.15) is 11.3 Å². The van der Waals surface area contributed by atoms with E-state index in [1.165, 1.54) is 19.2 Å². The molecule has 0 radical (unpaired) electrons. The summed E-state index contributed by atoms with van der Waals surface area (Å²) in [6, 6.07) is 12.4. The molecule has 10 heteroatoms. The maximum atomic E-state index is 12.3. The smallest absolute Gasteiger partial charge is 0.335 e. The Kier molecular flexibility index (Phi) is 5.81. The first-order valence-electron chi connectivity index (χ1n) is 9.92. The molecule has 33 heavy (non-hydrogen) atoms. The summed E-state index contributed by atoms with van der Waals surface area (Å²) in [7, 11) is 1.49. The van der Waals surface area contributed by atoms with E-state index in [0.717, 1.165) is 27.2 Å². The highest BCUT2D eigenvalue weighted by molar-refractivity contribution is 5.87. The van der Waals surface area contributed by atoms with Crippen LogP contribution in [-0.2, 0) is 11.2 Å². The number of ether oxygens (including phenoxy) is 1. The van der Waals surface area contributed by atoms with Crippen molar-refractivity contribution in [3.05, 3.63) is 86.7 Å². The molecule has 4 aromatic rings. The van der Waals surface area contributed by atoms with Gasteiger partial charge in [-0.3, -0.25) is 14.8 Å². The topological polar surface area (TPSA) is 150 Å². The molecule has 0 amide bonds. The van der Waals surface area contributed by atoms with E-state index in [1.807, 2.05) is 24.3 Å². The first-order valence-corrected chi connectivity index (χ1v) is 9.92. The summed E-state index contributed by atoms with van der Waals surface area (Å²) in [4.78, 5) is 45.7. The number of H-pyrrole nitrogens is 2. The molecule has 0 fully saturated rings. The number of aliphatic carboxylic acids is 1. The molecule has 0 saturated carbocycles. The van der Waals surface area contributed by atoms with Gasteiger partial charge in [0.2, 0.25) is 5.88 Å². The van der Waals surface area contributed by atoms with Crippen molar-refractivity contribution in [1.82, 2.24) is 14.5 Å². The molecule has 2 aromatic heterocycles. The highest BCUT2D eigenvalue weighted by atomic mass is 16.5. The lowest BCUT2D eigenvalue weighted by atomic mass is 10.1. The van der Waals surface area contributed by atoms with Crippen molar-refractivity contribution in [2.75, 3.05) is 7.11 Å². The number of hydrogen-bond donors (Lipinski definition) is 4. The van der Waals surface area contributed by atoms with Crippen LogP contribution >= 0.6 is 0 Å². The quantitative estimate of drug-likeness (QED) is 0.317. The molecule has 0 aliphatic rings. The maximum absolute atomic E-state index is 12.3. The van der Waals surface area contributed by atoms with Gasteiger partial charge in [-0.1, -0.05) is 18.2 Å². The Hall–Kier alpha value is -4.60. The van der Waals surface area contributed by atoms with E-state index in [-0.39, 0.29) is 17.7 Å². The molecule has 10 nitrogen and oxygen atoms in total. The predicted octanol–water partition coefficient (Wildman–Crippen LogP) is 1.84. The van der Waals surface area contributed by atoms with Crippen LogP contribution in [-0.4, -0.2) is 50.1 Å². The standard InChI is InChI=1S/C23H20N4O6/c1-33-15-8-6-14(7-9-15)27-21(29)17(20(28)26-23(27)32)12-25-19(22(30)31)10-13-11-24-18-5-3-2-4-16(13)18/h2-9,11-12,19,24,29H,10H2,1H3,(H,30,31)(H,26,28,32)/t19-/m0/s1. The number of fused-ring (bicyclic) bond motifs is 1. The highest BCUT2D eigenvalue weighted by Gasteiger charge is 2.20. The summed E-state index contributed by atoms with van der Waals surface area (Å²) in [6.07, 6.45) is 2.75. The molecule has 2 heterocycles. The average Bonchev–Trinajstić information content (AvgIpc) is 3.21. The van der Waals surface area contributed by atoms with Crippen LogP contribution in [0.1, 0.15) is 11.1 Å². The van der Waals surface area contributed by atoms with Gasteiger partial charge in [0.05, 0.1) is 12.8 Å². The van der Waals surface area contributed by atoms with Gasteiger partial charge in [0.25, 0.3) is 5.56 Å². The van der Waals surface area contributed by atoms with Crippen LogP contribution in [0.4, 0.5) is 0 Å². The second-order valence-corrected chi connectivity index (χ2v) is 7.23. The number of rotatable bonds is 7. The molecular weight excluding hydrogens is 428 g/mol. The van der Waals surface area contributed by atoms with Gasteiger partial charge in [0, 0.05) is 29.7 Å². The molecule has 0 bridgehead atoms. The fourth-order valence-electron chi connectivity index (χ4n) is 3.50. The number of para-hydroxylation sites is 1. The van der Waals surface area contributed by atoms with Crippen LogP contribution in [0.2, 0.25) is 0 Å². The minimum Gasteiger partial charge on any atom is -0.497 e. The van der Waals surface area contributed by atoms with Crippen molar-refractivity contribution in [2.24, 2.45) is 4.99 Å². The number of carboxylic acid groups (broad SMARTS) is 1. The number of hydrogen-bond acceptors (Lipinski definition) is 6. The Morgan fingerprint density at radius 3 is 2.61 bits per heavy atom. The summed E-state index contributed by atoms with van der Waals surface area (Å²) in [5.74, 6) is -1.32. The molecule has 0 aliphatic heterocycles. The van der Waals surface area contributed by atoms with Gasteiger partial charge in [0.15, 0.2) is 6.04 Å². The SMILES string of the molecule is COc1ccc(-n2c(O)c(C=N[C@@H](Cc3c[nH]c4ccccc34)C(=O)O)c(=O)[nH]c2=O)cc1. The van der Waals surface area contributed by atoms with Crippen molar-refractivity contribution >= 4 is 23.1 Å². The van der Waals surface area contributed by atoms with Gasteiger partial charge >= 0.3 is 11.7 Å². The van der Waals surface area contributed by atoms with E-state index in [0.29, 0.717) is 5.75 Å². The molecule has 4 N–H and O–H groups in total. The number of nitrogens with one attached hydrogen (secondary N) is 2. The fraction of sp³-hybridized carbons (Fsp3) is 0.130. The van der Waals surface area contributed by atoms with Crippen LogP contribution < -0.4 is 16.0 Å². The third-order valence-electron chi connectivity index (χ3n) is 5.21. The van der Waals surface area contributed by atoms with Crippen molar-refractivity contribution in [1.29, 1.82) is 0 Å². The Morgan fingerprint density at radius 2 is 1.91 bits per heavy atom. The molecule has 2 aromatic carbocycles. The van der Waals surface area contributed by atoms with Crippen molar-refractivity contribution in [3.8, 4) is 17.3 Å². The second kappa shape index (κ2) is 8.87. The molecule has 1 atom stereocenters. The zero-order valence-electron chi connectivity index (χ0n) is 17.5. The molecule has 0 aliphatic carbocycles. The molecule has 168 valence electrons. The van der Waals surface area contributed by atoms with E-state index < -0.39 is 29.1 Å². The van der Waals surface area contributed by atoms with Crippen LogP contribution in [0.15, 0.2) is 69.3 Å². The molecule has 0 unspecified atom stereocenters. The Balaban J connectivity index is 1.70. The lowest BCUT2D eigenvalue weighted by molar-refractivity contribution is -0.138. The summed E-state index contributed by atoms with van der Waals surface area (Å²) in [5, 5.41) is 21.2. The van der Waals surface area contributed by atoms with Gasteiger partial charge in [-0.2, -0.15) is 0 Å². The number of carbonyl (C=O) groups is 1. The van der Waals surface area contributed by atoms with Crippen LogP contribution in [0, 0.1) is 0 Å². The summed E-state index contributed by atoms with van der Waals surface area (Å²) in [5.41, 5.74) is -0.193. The number of aromatic amines is 2. The van der Waals surface area contributed by atoms with E-state index in [1.54, 1.807) is 18.3 Å². The van der Waals surface area contributed by atoms with E-state index in [9.17, 15) is 24.6 Å². The number of aromatic nitrogens is 3. The summed E-state index contributed by atoms with van der Waals surface area (Å²) < 4.78 is 5.97. The largest absolute Gasteiger partial charge is 0.497 e. The fourth-order valence-corrected chi connectivity index (χ4v) is 3.50. The monoisotopic (exact) mass is 448 g/mol. The number of carboxylic acids is 1. The van der Waals surface area contributed by atoms with Crippen molar-refractivity contribution in [3.63, 3.8) is 0 Å². The van der Waals surface area contributed by atoms with E-state index in [4.69, 9.17) is 4.74 Å². The Labute approximate surface area is 186 Å². The Bertz CT molecular complexity index is 1460. The molecule has 0 spiro atoms. The zero-order valence-corrected chi connectivity index (χ0v) is 17.5. The van der Waals surface area contributed by atoms with Crippen LogP contribution in [0.25, 0.3) is 16.6 Å². The van der Waals surface area contributed by atoms with E-state index in [2.05, 4.69) is 15.0 Å². The Morgan fingerprint density at radius 1 is 1.18 bits per heavy atom. The third kappa shape index (κ3) is 4.26. The van der Waals surface area contributed by atoms with Crippen LogP contribution in [0.5, 0.6) is 11.6 Å². The molecule has 0 saturated heterocycles. The number of nitrogens with zero attached hydrogens (tertiary/aromatic N) is 2. The highest BCUT2D eigenvalue weighted by Crippen LogP contribution is 2.21. The van der Waals surface area contributed by atoms with Gasteiger partial charge in [-0.05, 0) is 35.9 Å². The normalized spacial score (nSPS) is 12.3. The maximum Gasteiger partial charge on any atom is 0.335 e. The molecular formula is C23H20N4O6. The van der Waals surface area contributed by atoms with Crippen LogP contribution in [0.3, 0.4) is 0 Å². The van der Waals surface area contributed by atoms with Crippen molar-refractivity contribution in [2.45, 2.75) is 12.5 Å². The summed E-state index contributed by atoms with van der Waals surface area (Å²) >= 11 is 0. The second-order valence-electron chi connectivity index (χ2n) is 7.23. The minimum absolute atomic E-state index is 0.0621. The number of benzene rings is 2. The zero-order chi connectivity index (χ0) is 23.5.